The van der Waals surface area contributed by atoms with Gasteiger partial charge in [-0.3, -0.25) is 0 Å². The maximum absolute atomic E-state index is 11.4. The number of esters is 1. The van der Waals surface area contributed by atoms with Gasteiger partial charge < -0.3 is 14.2 Å². The highest BCUT2D eigenvalue weighted by Gasteiger charge is 2.38. The van der Waals surface area contributed by atoms with Crippen LogP contribution < -0.4 is 0 Å². The Bertz CT molecular complexity index is 233. The topological polar surface area (TPSA) is 44.8 Å². The van der Waals surface area contributed by atoms with E-state index in [4.69, 9.17) is 14.2 Å². The van der Waals surface area contributed by atoms with E-state index in [1.807, 2.05) is 13.8 Å². The number of methoxy groups -OCH3 is 2. The van der Waals surface area contributed by atoms with Gasteiger partial charge in [0.05, 0.1) is 19.3 Å². The average Bonchev–Trinajstić information content (AvgIpc) is 3.07. The average molecular weight is 230 g/mol. The molecule has 0 N–H and O–H groups in total. The quantitative estimate of drug-likeness (QED) is 0.625. The third-order valence-electron chi connectivity index (χ3n) is 3.04. The zero-order valence-corrected chi connectivity index (χ0v) is 10.6. The van der Waals surface area contributed by atoms with Crippen LogP contribution in [0, 0.1) is 5.92 Å². The van der Waals surface area contributed by atoms with Crippen molar-refractivity contribution in [3.05, 3.63) is 0 Å². The van der Waals surface area contributed by atoms with Crippen molar-refractivity contribution in [1.29, 1.82) is 0 Å². The van der Waals surface area contributed by atoms with E-state index in [0.29, 0.717) is 12.5 Å². The van der Waals surface area contributed by atoms with E-state index in [1.165, 1.54) is 7.11 Å². The van der Waals surface area contributed by atoms with Crippen LogP contribution in [0.15, 0.2) is 0 Å². The van der Waals surface area contributed by atoms with Gasteiger partial charge in [0.25, 0.3) is 0 Å². The first-order valence-corrected chi connectivity index (χ1v) is 5.75. The summed E-state index contributed by atoms with van der Waals surface area (Å²) in [6.07, 6.45) is 2.52. The first-order valence-electron chi connectivity index (χ1n) is 5.75. The highest BCUT2D eigenvalue weighted by atomic mass is 16.6. The molecule has 0 saturated heterocycles. The molecule has 4 nitrogen and oxygen atoms in total. The lowest BCUT2D eigenvalue weighted by Gasteiger charge is -2.24. The van der Waals surface area contributed by atoms with Crippen molar-refractivity contribution in [3.8, 4) is 0 Å². The van der Waals surface area contributed by atoms with Crippen LogP contribution in [0.4, 0.5) is 0 Å². The highest BCUT2D eigenvalue weighted by molar-refractivity contribution is 5.75. The fourth-order valence-electron chi connectivity index (χ4n) is 1.45. The van der Waals surface area contributed by atoms with Crippen molar-refractivity contribution in [3.63, 3.8) is 0 Å². The summed E-state index contributed by atoms with van der Waals surface area (Å²) in [6.45, 7) is 4.53. The number of carbonyl (C=O) groups is 1. The Morgan fingerprint density at radius 1 is 1.38 bits per heavy atom. The number of hydrogen-bond donors (Lipinski definition) is 0. The Kier molecular flexibility index (Phi) is 4.74. The van der Waals surface area contributed by atoms with E-state index in [9.17, 15) is 4.79 Å². The van der Waals surface area contributed by atoms with Crippen LogP contribution in [0.5, 0.6) is 0 Å². The van der Waals surface area contributed by atoms with E-state index >= 15 is 0 Å². The molecule has 0 aromatic rings. The number of rotatable bonds is 7. The third-order valence-corrected chi connectivity index (χ3v) is 3.04. The molecule has 0 amide bonds. The molecule has 1 fully saturated rings. The molecule has 0 aromatic heterocycles. The Hall–Kier alpha value is -0.610. The van der Waals surface area contributed by atoms with Gasteiger partial charge in [0.2, 0.25) is 0 Å². The fourth-order valence-corrected chi connectivity index (χ4v) is 1.45. The number of carbonyl (C=O) groups excluding carboxylic acids is 1. The van der Waals surface area contributed by atoms with E-state index in [2.05, 4.69) is 0 Å². The summed E-state index contributed by atoms with van der Waals surface area (Å²) in [5, 5.41) is 0. The second kappa shape index (κ2) is 5.64. The molecule has 0 bridgehead atoms. The number of hydrogen-bond acceptors (Lipinski definition) is 4. The molecule has 4 heteroatoms. The van der Waals surface area contributed by atoms with Crippen LogP contribution in [0.2, 0.25) is 0 Å². The molecule has 1 unspecified atom stereocenters. The molecule has 1 aliphatic rings. The molecule has 0 aromatic carbocycles. The zero-order valence-electron chi connectivity index (χ0n) is 10.6. The van der Waals surface area contributed by atoms with Crippen molar-refractivity contribution in [1.82, 2.24) is 0 Å². The molecule has 0 spiro atoms. The summed E-state index contributed by atoms with van der Waals surface area (Å²) in [5.74, 6) is 0.107. The summed E-state index contributed by atoms with van der Waals surface area (Å²) in [4.78, 5) is 11.4. The molecule has 94 valence electrons. The highest BCUT2D eigenvalue weighted by Crippen LogP contribution is 2.35. The SMILES string of the molecule is COC(=O)C(OCCC(C)(C)OC)C1CC1. The molecule has 1 aliphatic carbocycles. The lowest BCUT2D eigenvalue weighted by Crippen LogP contribution is -2.31. The second-order valence-corrected chi connectivity index (χ2v) is 4.87. The number of ether oxygens (including phenoxy) is 3. The van der Waals surface area contributed by atoms with Crippen molar-refractivity contribution in [2.24, 2.45) is 5.92 Å². The third kappa shape index (κ3) is 4.10. The summed E-state index contributed by atoms with van der Waals surface area (Å²) in [5.41, 5.74) is -0.204. The molecule has 1 atom stereocenters. The van der Waals surface area contributed by atoms with Crippen LogP contribution in [0.25, 0.3) is 0 Å². The van der Waals surface area contributed by atoms with Crippen LogP contribution in [-0.2, 0) is 19.0 Å². The molecule has 1 rings (SSSR count). The van der Waals surface area contributed by atoms with Gasteiger partial charge in [0.1, 0.15) is 0 Å². The van der Waals surface area contributed by atoms with Crippen molar-refractivity contribution in [2.45, 2.75) is 44.8 Å². The molecular weight excluding hydrogens is 208 g/mol. The van der Waals surface area contributed by atoms with Crippen LogP contribution >= 0.6 is 0 Å². The van der Waals surface area contributed by atoms with Gasteiger partial charge in [0, 0.05) is 7.11 Å². The maximum Gasteiger partial charge on any atom is 0.335 e. The van der Waals surface area contributed by atoms with Crippen molar-refractivity contribution >= 4 is 5.97 Å². The normalized spacial score (nSPS) is 18.2. The summed E-state index contributed by atoms with van der Waals surface area (Å²) in [6, 6.07) is 0. The Balaban J connectivity index is 2.30. The minimum atomic E-state index is -0.377. The van der Waals surface area contributed by atoms with Gasteiger partial charge >= 0.3 is 5.97 Å². The van der Waals surface area contributed by atoms with Gasteiger partial charge in [-0.05, 0) is 39.0 Å². The maximum atomic E-state index is 11.4. The Morgan fingerprint density at radius 2 is 2.00 bits per heavy atom. The van der Waals surface area contributed by atoms with Gasteiger partial charge in [-0.25, -0.2) is 4.79 Å². The zero-order chi connectivity index (χ0) is 12.2. The fraction of sp³-hybridized carbons (Fsp3) is 0.917. The lowest BCUT2D eigenvalue weighted by molar-refractivity contribution is -0.156. The molecule has 0 heterocycles. The minimum absolute atomic E-state index is 0.204. The molecule has 1 saturated carbocycles. The van der Waals surface area contributed by atoms with E-state index in [0.717, 1.165) is 19.3 Å². The smallest absolute Gasteiger partial charge is 0.335 e. The predicted molar refractivity (Wildman–Crippen MR) is 60.2 cm³/mol. The largest absolute Gasteiger partial charge is 0.467 e. The van der Waals surface area contributed by atoms with Crippen molar-refractivity contribution < 1.29 is 19.0 Å². The Labute approximate surface area is 97.2 Å². The van der Waals surface area contributed by atoms with Gasteiger partial charge in [0.15, 0.2) is 6.10 Å². The monoisotopic (exact) mass is 230 g/mol. The van der Waals surface area contributed by atoms with Crippen LogP contribution in [0.1, 0.15) is 33.1 Å². The molecular formula is C12H22O4. The standard InChI is InChI=1S/C12H22O4/c1-12(2,15-4)7-8-16-10(9-5-6-9)11(13)14-3/h9-10H,5-8H2,1-4H3. The van der Waals surface area contributed by atoms with Gasteiger partial charge in [-0.1, -0.05) is 0 Å². The minimum Gasteiger partial charge on any atom is -0.467 e. The summed E-state index contributed by atoms with van der Waals surface area (Å²) in [7, 11) is 3.08. The van der Waals surface area contributed by atoms with E-state index in [-0.39, 0.29) is 17.7 Å². The summed E-state index contributed by atoms with van der Waals surface area (Å²) < 4.78 is 15.6. The second-order valence-electron chi connectivity index (χ2n) is 4.87. The van der Waals surface area contributed by atoms with Gasteiger partial charge in [-0.2, -0.15) is 0 Å². The van der Waals surface area contributed by atoms with E-state index in [1.54, 1.807) is 7.11 Å². The van der Waals surface area contributed by atoms with Crippen LogP contribution in [-0.4, -0.2) is 38.5 Å². The van der Waals surface area contributed by atoms with Gasteiger partial charge in [-0.15, -0.1) is 0 Å². The van der Waals surface area contributed by atoms with Crippen LogP contribution in [0.3, 0.4) is 0 Å². The molecule has 0 radical (unpaired) electrons. The predicted octanol–water partition coefficient (Wildman–Crippen LogP) is 1.77. The molecule has 16 heavy (non-hydrogen) atoms. The Morgan fingerprint density at radius 3 is 2.44 bits per heavy atom. The molecule has 0 aliphatic heterocycles. The first-order chi connectivity index (χ1) is 7.50. The van der Waals surface area contributed by atoms with Crippen molar-refractivity contribution in [2.75, 3.05) is 20.8 Å². The summed E-state index contributed by atoms with van der Waals surface area (Å²) >= 11 is 0. The first kappa shape index (κ1) is 13.5. The van der Waals surface area contributed by atoms with E-state index < -0.39 is 0 Å². The lowest BCUT2D eigenvalue weighted by atomic mass is 10.1.